The van der Waals surface area contributed by atoms with E-state index < -0.39 is 0 Å². The molecule has 0 aliphatic heterocycles. The Morgan fingerprint density at radius 2 is 1.60 bits per heavy atom. The lowest BCUT2D eigenvalue weighted by atomic mass is 10.3. The Balaban J connectivity index is 2.07. The summed E-state index contributed by atoms with van der Waals surface area (Å²) in [6.07, 6.45) is 0. The first-order valence-electron chi connectivity index (χ1n) is 6.24. The largest absolute Gasteiger partial charge is 0.382 e. The van der Waals surface area contributed by atoms with Crippen LogP contribution < -0.4 is 11.1 Å². The number of hydrogen-bond acceptors (Lipinski definition) is 6. The van der Waals surface area contributed by atoms with Gasteiger partial charge in [-0.2, -0.15) is 9.97 Å². The molecule has 20 heavy (non-hydrogen) atoms. The molecule has 0 radical (unpaired) electrons. The minimum atomic E-state index is 0.323. The lowest BCUT2D eigenvalue weighted by molar-refractivity contribution is 1.06. The first-order chi connectivity index (χ1) is 9.63. The SMILES string of the molecule is Cc1nc2nc(Nc3ccccc3)nc(N)c2nc1C. The minimum Gasteiger partial charge on any atom is -0.382 e. The molecule has 6 heteroatoms. The summed E-state index contributed by atoms with van der Waals surface area (Å²) in [5.74, 6) is 0.739. The second kappa shape index (κ2) is 4.73. The third kappa shape index (κ3) is 2.23. The summed E-state index contributed by atoms with van der Waals surface area (Å²) in [6.45, 7) is 3.78. The van der Waals surface area contributed by atoms with Crippen LogP contribution in [0.3, 0.4) is 0 Å². The van der Waals surface area contributed by atoms with Crippen molar-refractivity contribution in [1.82, 2.24) is 19.9 Å². The molecule has 0 aliphatic rings. The molecule has 0 saturated heterocycles. The summed E-state index contributed by atoms with van der Waals surface area (Å²) in [5.41, 5.74) is 9.53. The van der Waals surface area contributed by atoms with Gasteiger partial charge in [0.25, 0.3) is 0 Å². The van der Waals surface area contributed by atoms with Gasteiger partial charge in [0.2, 0.25) is 5.95 Å². The van der Waals surface area contributed by atoms with Crippen LogP contribution >= 0.6 is 0 Å². The van der Waals surface area contributed by atoms with Gasteiger partial charge in [-0.1, -0.05) is 18.2 Å². The van der Waals surface area contributed by atoms with E-state index in [1.807, 2.05) is 44.2 Å². The highest BCUT2D eigenvalue weighted by atomic mass is 15.1. The number of nitrogens with one attached hydrogen (secondary N) is 1. The fourth-order valence-corrected chi connectivity index (χ4v) is 1.84. The van der Waals surface area contributed by atoms with Gasteiger partial charge in [0.05, 0.1) is 11.4 Å². The molecule has 3 N–H and O–H groups in total. The lowest BCUT2D eigenvalue weighted by Crippen LogP contribution is -2.05. The number of fused-ring (bicyclic) bond motifs is 1. The van der Waals surface area contributed by atoms with Gasteiger partial charge < -0.3 is 11.1 Å². The number of nitrogens with two attached hydrogens (primary N) is 1. The number of hydrogen-bond donors (Lipinski definition) is 2. The molecule has 3 rings (SSSR count). The number of rotatable bonds is 2. The second-order valence-electron chi connectivity index (χ2n) is 4.49. The molecule has 100 valence electrons. The molecule has 3 aromatic rings. The maximum absolute atomic E-state index is 5.94. The second-order valence-corrected chi connectivity index (χ2v) is 4.49. The number of aromatic nitrogens is 4. The maximum Gasteiger partial charge on any atom is 0.231 e. The van der Waals surface area contributed by atoms with Crippen molar-refractivity contribution in [2.24, 2.45) is 0 Å². The Hall–Kier alpha value is -2.76. The van der Waals surface area contributed by atoms with E-state index in [2.05, 4.69) is 25.3 Å². The molecule has 6 nitrogen and oxygen atoms in total. The van der Waals surface area contributed by atoms with E-state index in [1.54, 1.807) is 0 Å². The average molecular weight is 266 g/mol. The zero-order chi connectivity index (χ0) is 14.1. The van der Waals surface area contributed by atoms with Gasteiger partial charge >= 0.3 is 0 Å². The summed E-state index contributed by atoms with van der Waals surface area (Å²) in [6, 6.07) is 9.66. The normalized spacial score (nSPS) is 10.7. The van der Waals surface area contributed by atoms with E-state index in [4.69, 9.17) is 5.73 Å². The van der Waals surface area contributed by atoms with Gasteiger partial charge in [-0.3, -0.25) is 0 Å². The van der Waals surface area contributed by atoms with Crippen molar-refractivity contribution in [1.29, 1.82) is 0 Å². The topological polar surface area (TPSA) is 89.6 Å². The molecule has 2 aromatic heterocycles. The van der Waals surface area contributed by atoms with E-state index in [0.717, 1.165) is 17.1 Å². The predicted octanol–water partition coefficient (Wildman–Crippen LogP) is 2.36. The van der Waals surface area contributed by atoms with Gasteiger partial charge in [0.15, 0.2) is 17.0 Å². The lowest BCUT2D eigenvalue weighted by Gasteiger charge is -2.08. The molecule has 0 fully saturated rings. The molecule has 0 atom stereocenters. The third-order valence-corrected chi connectivity index (χ3v) is 3.00. The molecule has 0 unspecified atom stereocenters. The van der Waals surface area contributed by atoms with E-state index in [0.29, 0.717) is 22.9 Å². The summed E-state index contributed by atoms with van der Waals surface area (Å²) in [7, 11) is 0. The maximum atomic E-state index is 5.94. The van der Waals surface area contributed by atoms with Gasteiger partial charge in [-0.05, 0) is 26.0 Å². The first-order valence-corrected chi connectivity index (χ1v) is 6.24. The van der Waals surface area contributed by atoms with Crippen molar-refractivity contribution in [2.45, 2.75) is 13.8 Å². The van der Waals surface area contributed by atoms with Crippen LogP contribution in [0.2, 0.25) is 0 Å². The van der Waals surface area contributed by atoms with Crippen LogP contribution in [0.15, 0.2) is 30.3 Å². The van der Waals surface area contributed by atoms with Crippen molar-refractivity contribution in [3.05, 3.63) is 41.7 Å². The van der Waals surface area contributed by atoms with Crippen LogP contribution in [0.4, 0.5) is 17.5 Å². The molecular weight excluding hydrogens is 252 g/mol. The number of benzene rings is 1. The van der Waals surface area contributed by atoms with Crippen molar-refractivity contribution < 1.29 is 0 Å². The average Bonchev–Trinajstić information content (AvgIpc) is 2.42. The molecular formula is C14H14N6. The fraction of sp³-hybridized carbons (Fsp3) is 0.143. The predicted molar refractivity (Wildman–Crippen MR) is 78.7 cm³/mol. The standard InChI is InChI=1S/C14H14N6/c1-8-9(2)17-13-11(16-8)12(15)19-14(20-13)18-10-6-4-3-5-7-10/h3-7H,1-2H3,(H3,15,17,18,19,20). The number of nitrogen functional groups attached to an aromatic ring is 1. The Bertz CT molecular complexity index is 769. The summed E-state index contributed by atoms with van der Waals surface area (Å²) in [4.78, 5) is 17.4. The molecule has 0 aliphatic carbocycles. The summed E-state index contributed by atoms with van der Waals surface area (Å²) < 4.78 is 0. The van der Waals surface area contributed by atoms with Crippen LogP contribution in [-0.2, 0) is 0 Å². The van der Waals surface area contributed by atoms with Crippen LogP contribution in [0.1, 0.15) is 11.4 Å². The van der Waals surface area contributed by atoms with Crippen molar-refractivity contribution in [3.8, 4) is 0 Å². The fourth-order valence-electron chi connectivity index (χ4n) is 1.84. The highest BCUT2D eigenvalue weighted by molar-refractivity contribution is 5.82. The smallest absolute Gasteiger partial charge is 0.231 e. The summed E-state index contributed by atoms with van der Waals surface area (Å²) in [5, 5.41) is 3.10. The van der Waals surface area contributed by atoms with Crippen molar-refractivity contribution in [3.63, 3.8) is 0 Å². The number of para-hydroxylation sites is 1. The number of anilines is 3. The van der Waals surface area contributed by atoms with Gasteiger partial charge in [0, 0.05) is 5.69 Å². The monoisotopic (exact) mass is 266 g/mol. The highest BCUT2D eigenvalue weighted by Gasteiger charge is 2.10. The first kappa shape index (κ1) is 12.3. The zero-order valence-corrected chi connectivity index (χ0v) is 11.3. The van der Waals surface area contributed by atoms with E-state index in [1.165, 1.54) is 0 Å². The molecule has 0 spiro atoms. The van der Waals surface area contributed by atoms with Gasteiger partial charge in [-0.25, -0.2) is 9.97 Å². The molecule has 0 bridgehead atoms. The number of nitrogens with zero attached hydrogens (tertiary/aromatic N) is 4. The Kier molecular flexibility index (Phi) is 2.90. The van der Waals surface area contributed by atoms with Gasteiger partial charge in [0.1, 0.15) is 0 Å². The summed E-state index contributed by atoms with van der Waals surface area (Å²) >= 11 is 0. The van der Waals surface area contributed by atoms with Crippen LogP contribution in [0.5, 0.6) is 0 Å². The van der Waals surface area contributed by atoms with Gasteiger partial charge in [-0.15, -0.1) is 0 Å². The van der Waals surface area contributed by atoms with Crippen molar-refractivity contribution >= 4 is 28.6 Å². The number of aryl methyl sites for hydroxylation is 2. The molecule has 0 amide bonds. The third-order valence-electron chi connectivity index (χ3n) is 3.00. The zero-order valence-electron chi connectivity index (χ0n) is 11.3. The Morgan fingerprint density at radius 1 is 0.900 bits per heavy atom. The molecule has 1 aromatic carbocycles. The van der Waals surface area contributed by atoms with E-state index >= 15 is 0 Å². The Morgan fingerprint density at radius 3 is 2.35 bits per heavy atom. The molecule has 2 heterocycles. The van der Waals surface area contributed by atoms with Crippen molar-refractivity contribution in [2.75, 3.05) is 11.1 Å². The van der Waals surface area contributed by atoms with Crippen LogP contribution in [0, 0.1) is 13.8 Å². The van der Waals surface area contributed by atoms with Crippen LogP contribution in [0.25, 0.3) is 11.2 Å². The van der Waals surface area contributed by atoms with Crippen LogP contribution in [-0.4, -0.2) is 19.9 Å². The quantitative estimate of drug-likeness (QED) is 0.740. The van der Waals surface area contributed by atoms with E-state index in [-0.39, 0.29) is 0 Å². The Labute approximate surface area is 116 Å². The minimum absolute atomic E-state index is 0.323. The van der Waals surface area contributed by atoms with E-state index in [9.17, 15) is 0 Å². The highest BCUT2D eigenvalue weighted by Crippen LogP contribution is 2.19. The molecule has 0 saturated carbocycles.